The van der Waals surface area contributed by atoms with Crippen molar-refractivity contribution in [3.8, 4) is 0 Å². The molecule has 0 saturated heterocycles. The van der Waals surface area contributed by atoms with E-state index >= 15 is 0 Å². The van der Waals surface area contributed by atoms with E-state index in [2.05, 4.69) is 25.1 Å². The van der Waals surface area contributed by atoms with Gasteiger partial charge >= 0.3 is 0 Å². The fraction of sp³-hybridized carbons (Fsp3) is 0.231. The number of nitrogens with zero attached hydrogens (tertiary/aromatic N) is 3. The van der Waals surface area contributed by atoms with Crippen LogP contribution in [0.2, 0.25) is 0 Å². The summed E-state index contributed by atoms with van der Waals surface area (Å²) >= 11 is 1.45. The van der Waals surface area contributed by atoms with Gasteiger partial charge in [-0.25, -0.2) is 9.97 Å². The van der Waals surface area contributed by atoms with Crippen LogP contribution in [-0.2, 0) is 0 Å². The number of H-pyrrole nitrogens is 2. The quantitative estimate of drug-likeness (QED) is 0.721. The molecule has 102 valence electrons. The number of fused-ring (bicyclic) bond motifs is 1. The molecule has 0 spiro atoms. The number of hydrogen-bond acceptors (Lipinski definition) is 5. The van der Waals surface area contributed by atoms with Crippen molar-refractivity contribution in [2.24, 2.45) is 0 Å². The third kappa shape index (κ3) is 2.44. The third-order valence-corrected chi connectivity index (χ3v) is 3.85. The second-order valence-electron chi connectivity index (χ2n) is 4.43. The first-order valence-electron chi connectivity index (χ1n) is 6.18. The van der Waals surface area contributed by atoms with Gasteiger partial charge in [0.1, 0.15) is 11.6 Å². The lowest BCUT2D eigenvalue weighted by atomic mass is 10.2. The molecule has 0 bridgehead atoms. The number of rotatable bonds is 3. The van der Waals surface area contributed by atoms with Crippen LogP contribution in [0.1, 0.15) is 23.8 Å². The summed E-state index contributed by atoms with van der Waals surface area (Å²) in [7, 11) is 0. The molecule has 7 heteroatoms. The van der Waals surface area contributed by atoms with Crippen LogP contribution in [0.25, 0.3) is 10.9 Å². The van der Waals surface area contributed by atoms with E-state index in [0.29, 0.717) is 21.9 Å². The molecule has 20 heavy (non-hydrogen) atoms. The van der Waals surface area contributed by atoms with Crippen LogP contribution in [0.3, 0.4) is 0 Å². The van der Waals surface area contributed by atoms with E-state index in [0.717, 1.165) is 5.82 Å². The summed E-state index contributed by atoms with van der Waals surface area (Å²) in [5, 5.41) is 8.07. The number of para-hydroxylation sites is 1. The topological polar surface area (TPSA) is 87.3 Å². The second-order valence-corrected chi connectivity index (χ2v) is 5.74. The Bertz CT molecular complexity index is 810. The predicted molar refractivity (Wildman–Crippen MR) is 77.8 cm³/mol. The highest BCUT2D eigenvalue weighted by atomic mass is 32.2. The maximum Gasteiger partial charge on any atom is 0.258 e. The molecule has 3 aromatic rings. The predicted octanol–water partition coefficient (Wildman–Crippen LogP) is 2.20. The average Bonchev–Trinajstić information content (AvgIpc) is 2.84. The van der Waals surface area contributed by atoms with Crippen LogP contribution in [0.5, 0.6) is 0 Å². The zero-order valence-electron chi connectivity index (χ0n) is 11.0. The Morgan fingerprint density at radius 1 is 1.25 bits per heavy atom. The molecule has 0 radical (unpaired) electrons. The maximum atomic E-state index is 12.0. The maximum absolute atomic E-state index is 12.0. The molecular weight excluding hydrogens is 274 g/mol. The minimum atomic E-state index is -0.121. The van der Waals surface area contributed by atoms with E-state index in [1.54, 1.807) is 6.07 Å². The van der Waals surface area contributed by atoms with Crippen LogP contribution < -0.4 is 5.56 Å². The number of aromatic nitrogens is 5. The van der Waals surface area contributed by atoms with Crippen molar-refractivity contribution in [2.75, 3.05) is 0 Å². The molecule has 1 atom stereocenters. The Morgan fingerprint density at radius 2 is 2.05 bits per heavy atom. The van der Waals surface area contributed by atoms with Crippen LogP contribution in [0.4, 0.5) is 0 Å². The molecule has 2 aromatic heterocycles. The van der Waals surface area contributed by atoms with E-state index < -0.39 is 0 Å². The fourth-order valence-electron chi connectivity index (χ4n) is 1.89. The summed E-state index contributed by atoms with van der Waals surface area (Å²) in [6, 6.07) is 7.30. The van der Waals surface area contributed by atoms with E-state index in [1.807, 2.05) is 32.0 Å². The van der Waals surface area contributed by atoms with Crippen LogP contribution in [-0.4, -0.2) is 25.1 Å². The number of hydrogen-bond donors (Lipinski definition) is 2. The lowest BCUT2D eigenvalue weighted by Crippen LogP contribution is -2.12. The van der Waals surface area contributed by atoms with Crippen molar-refractivity contribution in [1.29, 1.82) is 0 Å². The Morgan fingerprint density at radius 3 is 2.80 bits per heavy atom. The minimum absolute atomic E-state index is 0.0393. The van der Waals surface area contributed by atoms with Crippen molar-refractivity contribution >= 4 is 22.7 Å². The van der Waals surface area contributed by atoms with Gasteiger partial charge in [0.05, 0.1) is 16.2 Å². The van der Waals surface area contributed by atoms with Gasteiger partial charge in [-0.1, -0.05) is 23.9 Å². The number of benzene rings is 1. The molecule has 6 nitrogen and oxygen atoms in total. The van der Waals surface area contributed by atoms with Crippen LogP contribution in [0, 0.1) is 6.92 Å². The van der Waals surface area contributed by atoms with E-state index in [-0.39, 0.29) is 10.8 Å². The normalized spacial score (nSPS) is 12.7. The van der Waals surface area contributed by atoms with Gasteiger partial charge in [-0.3, -0.25) is 9.89 Å². The molecule has 3 rings (SSSR count). The van der Waals surface area contributed by atoms with Crippen molar-refractivity contribution in [2.45, 2.75) is 24.3 Å². The summed E-state index contributed by atoms with van der Waals surface area (Å²) in [5.41, 5.74) is 0.578. The van der Waals surface area contributed by atoms with Gasteiger partial charge in [0.2, 0.25) is 5.16 Å². The van der Waals surface area contributed by atoms with Gasteiger partial charge in [0.25, 0.3) is 5.56 Å². The molecule has 2 N–H and O–H groups in total. The highest BCUT2D eigenvalue weighted by Gasteiger charge is 2.14. The zero-order chi connectivity index (χ0) is 14.1. The zero-order valence-corrected chi connectivity index (χ0v) is 11.9. The van der Waals surface area contributed by atoms with Crippen molar-refractivity contribution < 1.29 is 0 Å². The average molecular weight is 287 g/mol. The standard InChI is InChI=1S/C13H13N5OS/c1-7(20-13-14-8(2)17-18-13)11-15-10-6-4-3-5-9(10)12(19)16-11/h3-7H,1-2H3,(H,14,17,18)(H,15,16,19)/t7-/m1/s1. The molecular formula is C13H13N5OS. The summed E-state index contributed by atoms with van der Waals surface area (Å²) < 4.78 is 0. The monoisotopic (exact) mass is 287 g/mol. The van der Waals surface area contributed by atoms with Crippen molar-refractivity contribution in [3.63, 3.8) is 0 Å². The molecule has 0 aliphatic carbocycles. The molecule has 1 aromatic carbocycles. The molecule has 0 aliphatic rings. The van der Waals surface area contributed by atoms with E-state index in [9.17, 15) is 4.79 Å². The first-order chi connectivity index (χ1) is 9.63. The molecule has 0 unspecified atom stereocenters. The van der Waals surface area contributed by atoms with Crippen LogP contribution >= 0.6 is 11.8 Å². The van der Waals surface area contributed by atoms with E-state index in [4.69, 9.17) is 0 Å². The Hall–Kier alpha value is -2.15. The number of aryl methyl sites for hydroxylation is 1. The molecule has 0 fully saturated rings. The van der Waals surface area contributed by atoms with Gasteiger partial charge in [-0.2, -0.15) is 0 Å². The molecule has 2 heterocycles. The van der Waals surface area contributed by atoms with E-state index in [1.165, 1.54) is 11.8 Å². The molecule has 0 saturated carbocycles. The number of aromatic amines is 2. The Kier molecular flexibility index (Phi) is 3.27. The largest absolute Gasteiger partial charge is 0.309 e. The SMILES string of the molecule is Cc1nc(S[C@H](C)c2nc3ccccc3c(=O)[nH]2)n[nH]1. The highest BCUT2D eigenvalue weighted by Crippen LogP contribution is 2.30. The molecule has 0 amide bonds. The minimum Gasteiger partial charge on any atom is -0.309 e. The van der Waals surface area contributed by atoms with Gasteiger partial charge in [0, 0.05) is 0 Å². The number of nitrogens with one attached hydrogen (secondary N) is 2. The highest BCUT2D eigenvalue weighted by molar-refractivity contribution is 7.99. The summed E-state index contributed by atoms with van der Waals surface area (Å²) in [6.45, 7) is 3.81. The van der Waals surface area contributed by atoms with Gasteiger partial charge in [-0.15, -0.1) is 5.10 Å². The third-order valence-electron chi connectivity index (χ3n) is 2.88. The van der Waals surface area contributed by atoms with Crippen molar-refractivity contribution in [1.82, 2.24) is 25.1 Å². The summed E-state index contributed by atoms with van der Waals surface area (Å²) in [6.07, 6.45) is 0. The van der Waals surface area contributed by atoms with Gasteiger partial charge < -0.3 is 4.98 Å². The number of thioether (sulfide) groups is 1. The fourth-order valence-corrected chi connectivity index (χ4v) is 2.71. The smallest absolute Gasteiger partial charge is 0.258 e. The van der Waals surface area contributed by atoms with Crippen LogP contribution in [0.15, 0.2) is 34.2 Å². The van der Waals surface area contributed by atoms with Gasteiger partial charge in [0.15, 0.2) is 0 Å². The van der Waals surface area contributed by atoms with Crippen molar-refractivity contribution in [3.05, 3.63) is 46.3 Å². The summed E-state index contributed by atoms with van der Waals surface area (Å²) in [4.78, 5) is 23.6. The Labute approximate surface area is 119 Å². The van der Waals surface area contributed by atoms with Gasteiger partial charge in [-0.05, 0) is 26.0 Å². The Balaban J connectivity index is 1.95. The summed E-state index contributed by atoms with van der Waals surface area (Å²) in [5.74, 6) is 1.39. The second kappa shape index (κ2) is 5.09. The lowest BCUT2D eigenvalue weighted by Gasteiger charge is -2.08. The lowest BCUT2D eigenvalue weighted by molar-refractivity contribution is 0.904. The molecule has 0 aliphatic heterocycles. The first-order valence-corrected chi connectivity index (χ1v) is 7.06. The first kappa shape index (κ1) is 12.9.